The number of rotatable bonds is 4. The molecule has 2 N–H and O–H groups in total. The number of nitrogens with zero attached hydrogens (tertiary/aromatic N) is 3. The maximum Gasteiger partial charge on any atom is 0.191 e. The van der Waals surface area contributed by atoms with Gasteiger partial charge in [0.05, 0.1) is 22.5 Å². The highest BCUT2D eigenvalue weighted by molar-refractivity contribution is 7.91. The van der Waals surface area contributed by atoms with Crippen molar-refractivity contribution < 1.29 is 8.42 Å². The number of aliphatic imine (C=N–C) groups is 1. The van der Waals surface area contributed by atoms with E-state index < -0.39 is 9.84 Å². The maximum absolute atomic E-state index is 11.5. The molecule has 0 aliphatic carbocycles. The summed E-state index contributed by atoms with van der Waals surface area (Å²) in [6, 6.07) is 8.00. The molecule has 0 bridgehead atoms. The molecule has 0 radical (unpaired) electrons. The van der Waals surface area contributed by atoms with Crippen molar-refractivity contribution in [1.29, 1.82) is 0 Å². The van der Waals surface area contributed by atoms with E-state index in [1.54, 1.807) is 7.05 Å². The summed E-state index contributed by atoms with van der Waals surface area (Å²) in [5.74, 6) is 2.04. The Kier molecular flexibility index (Phi) is 4.75. The quantitative estimate of drug-likeness (QED) is 0.626. The lowest BCUT2D eigenvalue weighted by Crippen LogP contribution is -2.44. The van der Waals surface area contributed by atoms with Gasteiger partial charge in [-0.05, 0) is 25.5 Å². The molecule has 1 atom stereocenters. The highest BCUT2D eigenvalue weighted by Crippen LogP contribution is 2.15. The molecule has 1 saturated heterocycles. The van der Waals surface area contributed by atoms with Crippen LogP contribution in [0.2, 0.25) is 0 Å². The molecular weight excluding hydrogens is 326 g/mol. The lowest BCUT2D eigenvalue weighted by atomic mass is 10.3. The van der Waals surface area contributed by atoms with Crippen LogP contribution in [0.25, 0.3) is 11.0 Å². The van der Waals surface area contributed by atoms with Crippen molar-refractivity contribution >= 4 is 26.8 Å². The molecule has 0 amide bonds. The molecule has 1 aliphatic heterocycles. The minimum Gasteiger partial charge on any atom is -0.355 e. The number of para-hydroxylation sites is 2. The Morgan fingerprint density at radius 1 is 1.42 bits per heavy atom. The van der Waals surface area contributed by atoms with Gasteiger partial charge in [0.2, 0.25) is 0 Å². The molecule has 3 rings (SSSR count). The molecule has 1 aromatic heterocycles. The van der Waals surface area contributed by atoms with Crippen LogP contribution >= 0.6 is 0 Å². The standard InChI is InChI=1S/C16H23N5O2S/c1-12-19-14-5-3-4-6-15(14)21(12)9-8-18-16(17-2)20-13-7-10-24(22,23)11-13/h3-6,13H,7-11H2,1-2H3,(H2,17,18,20). The van der Waals surface area contributed by atoms with Crippen molar-refractivity contribution in [3.63, 3.8) is 0 Å². The third-order valence-corrected chi connectivity index (χ3v) is 6.04. The second-order valence-corrected chi connectivity index (χ2v) is 8.27. The summed E-state index contributed by atoms with van der Waals surface area (Å²) in [5.41, 5.74) is 2.11. The zero-order valence-electron chi connectivity index (χ0n) is 14.0. The van der Waals surface area contributed by atoms with Crippen LogP contribution < -0.4 is 10.6 Å². The molecular formula is C16H23N5O2S. The van der Waals surface area contributed by atoms with E-state index in [1.807, 2.05) is 25.1 Å². The summed E-state index contributed by atoms with van der Waals surface area (Å²) in [5, 5.41) is 6.44. The van der Waals surface area contributed by atoms with Crippen LogP contribution in [0.4, 0.5) is 0 Å². The first-order chi connectivity index (χ1) is 11.5. The lowest BCUT2D eigenvalue weighted by Gasteiger charge is -2.16. The van der Waals surface area contributed by atoms with Gasteiger partial charge in [-0.15, -0.1) is 0 Å². The van der Waals surface area contributed by atoms with E-state index in [0.717, 1.165) is 23.4 Å². The minimum atomic E-state index is -2.89. The maximum atomic E-state index is 11.5. The van der Waals surface area contributed by atoms with E-state index >= 15 is 0 Å². The van der Waals surface area contributed by atoms with Crippen LogP contribution in [-0.2, 0) is 16.4 Å². The number of guanidine groups is 1. The first-order valence-corrected chi connectivity index (χ1v) is 9.90. The third-order valence-electron chi connectivity index (χ3n) is 4.27. The largest absolute Gasteiger partial charge is 0.355 e. The fraction of sp³-hybridized carbons (Fsp3) is 0.500. The Balaban J connectivity index is 1.57. The Labute approximate surface area is 142 Å². The van der Waals surface area contributed by atoms with E-state index in [2.05, 4.69) is 31.2 Å². The molecule has 1 fully saturated rings. The molecule has 1 unspecified atom stereocenters. The van der Waals surface area contributed by atoms with Gasteiger partial charge in [0.1, 0.15) is 5.82 Å². The van der Waals surface area contributed by atoms with Gasteiger partial charge in [0.25, 0.3) is 0 Å². The van der Waals surface area contributed by atoms with Crippen molar-refractivity contribution in [2.24, 2.45) is 4.99 Å². The lowest BCUT2D eigenvalue weighted by molar-refractivity contribution is 0.598. The topological polar surface area (TPSA) is 88.4 Å². The predicted molar refractivity (Wildman–Crippen MR) is 96.0 cm³/mol. The molecule has 2 heterocycles. The smallest absolute Gasteiger partial charge is 0.191 e. The number of sulfone groups is 1. The van der Waals surface area contributed by atoms with Crippen molar-refractivity contribution in [2.75, 3.05) is 25.1 Å². The number of nitrogens with one attached hydrogen (secondary N) is 2. The number of imidazole rings is 1. The fourth-order valence-electron chi connectivity index (χ4n) is 3.06. The Morgan fingerprint density at radius 3 is 2.92 bits per heavy atom. The van der Waals surface area contributed by atoms with Crippen LogP contribution in [0.15, 0.2) is 29.3 Å². The second-order valence-electron chi connectivity index (χ2n) is 6.04. The van der Waals surface area contributed by atoms with Gasteiger partial charge < -0.3 is 15.2 Å². The van der Waals surface area contributed by atoms with Gasteiger partial charge >= 0.3 is 0 Å². The first-order valence-electron chi connectivity index (χ1n) is 8.08. The number of aromatic nitrogens is 2. The Bertz CT molecular complexity index is 856. The molecule has 0 saturated carbocycles. The summed E-state index contributed by atoms with van der Waals surface area (Å²) in [6.45, 7) is 3.44. The summed E-state index contributed by atoms with van der Waals surface area (Å²) in [4.78, 5) is 8.73. The average molecular weight is 349 g/mol. The molecule has 1 aliphatic rings. The molecule has 1 aromatic carbocycles. The third kappa shape index (κ3) is 3.69. The normalized spacial score (nSPS) is 20.4. The SMILES string of the molecule is CN=C(NCCn1c(C)nc2ccccc21)NC1CCS(=O)(=O)C1. The summed E-state index contributed by atoms with van der Waals surface area (Å²) < 4.78 is 25.2. The summed E-state index contributed by atoms with van der Waals surface area (Å²) >= 11 is 0. The highest BCUT2D eigenvalue weighted by Gasteiger charge is 2.28. The zero-order valence-corrected chi connectivity index (χ0v) is 14.8. The van der Waals surface area contributed by atoms with E-state index in [4.69, 9.17) is 0 Å². The van der Waals surface area contributed by atoms with E-state index in [0.29, 0.717) is 18.9 Å². The van der Waals surface area contributed by atoms with E-state index in [1.165, 1.54) is 0 Å². The fourth-order valence-corrected chi connectivity index (χ4v) is 4.73. The van der Waals surface area contributed by atoms with Gasteiger partial charge in [-0.25, -0.2) is 13.4 Å². The average Bonchev–Trinajstić information content (AvgIpc) is 3.05. The van der Waals surface area contributed by atoms with Crippen molar-refractivity contribution in [3.05, 3.63) is 30.1 Å². The van der Waals surface area contributed by atoms with Gasteiger partial charge in [-0.2, -0.15) is 0 Å². The Hall–Kier alpha value is -2.09. The predicted octanol–water partition coefficient (Wildman–Crippen LogP) is 0.697. The summed E-state index contributed by atoms with van der Waals surface area (Å²) in [6.07, 6.45) is 0.633. The number of aryl methyl sites for hydroxylation is 1. The van der Waals surface area contributed by atoms with Gasteiger partial charge in [0, 0.05) is 26.2 Å². The Morgan fingerprint density at radius 2 is 2.21 bits per heavy atom. The van der Waals surface area contributed by atoms with Crippen LogP contribution in [0.1, 0.15) is 12.2 Å². The number of hydrogen-bond donors (Lipinski definition) is 2. The summed E-state index contributed by atoms with van der Waals surface area (Å²) in [7, 11) is -1.20. The van der Waals surface area contributed by atoms with Gasteiger partial charge in [-0.1, -0.05) is 12.1 Å². The molecule has 24 heavy (non-hydrogen) atoms. The van der Waals surface area contributed by atoms with E-state index in [9.17, 15) is 8.42 Å². The zero-order chi connectivity index (χ0) is 17.2. The van der Waals surface area contributed by atoms with Crippen LogP contribution in [0.3, 0.4) is 0 Å². The molecule has 0 spiro atoms. The molecule has 7 nitrogen and oxygen atoms in total. The second kappa shape index (κ2) is 6.80. The monoisotopic (exact) mass is 349 g/mol. The molecule has 130 valence electrons. The van der Waals surface area contributed by atoms with Crippen LogP contribution in [0, 0.1) is 6.92 Å². The molecule has 2 aromatic rings. The van der Waals surface area contributed by atoms with Crippen LogP contribution in [-0.4, -0.2) is 55.1 Å². The van der Waals surface area contributed by atoms with Crippen LogP contribution in [0.5, 0.6) is 0 Å². The minimum absolute atomic E-state index is 0.0583. The first kappa shape index (κ1) is 16.8. The van der Waals surface area contributed by atoms with Crippen molar-refractivity contribution in [1.82, 2.24) is 20.2 Å². The van der Waals surface area contributed by atoms with Crippen molar-refractivity contribution in [3.8, 4) is 0 Å². The molecule has 8 heteroatoms. The number of fused-ring (bicyclic) bond motifs is 1. The number of hydrogen-bond acceptors (Lipinski definition) is 4. The van der Waals surface area contributed by atoms with Gasteiger partial charge in [-0.3, -0.25) is 4.99 Å². The van der Waals surface area contributed by atoms with Gasteiger partial charge in [0.15, 0.2) is 15.8 Å². The van der Waals surface area contributed by atoms with Crippen molar-refractivity contribution in [2.45, 2.75) is 25.9 Å². The van der Waals surface area contributed by atoms with E-state index in [-0.39, 0.29) is 17.5 Å². The number of benzene rings is 1. The highest BCUT2D eigenvalue weighted by atomic mass is 32.2.